The highest BCUT2D eigenvalue weighted by atomic mass is 32.2. The van der Waals surface area contributed by atoms with Gasteiger partial charge in [0, 0.05) is 11.3 Å². The number of carbonyl (C=O) groups excluding carboxylic acids is 2. The minimum absolute atomic E-state index is 0.00876. The zero-order chi connectivity index (χ0) is 16.6. The summed E-state index contributed by atoms with van der Waals surface area (Å²) >= 11 is 1.62. The third kappa shape index (κ3) is 3.19. The smallest absolute Gasteiger partial charge is 0.238 e. The summed E-state index contributed by atoms with van der Waals surface area (Å²) in [4.78, 5) is 26.0. The molecule has 0 saturated carbocycles. The molecule has 0 aliphatic carbocycles. The molecule has 1 fully saturated rings. The van der Waals surface area contributed by atoms with Crippen LogP contribution in [-0.4, -0.2) is 17.4 Å². The van der Waals surface area contributed by atoms with Crippen molar-refractivity contribution in [3.05, 3.63) is 59.2 Å². The Hall–Kier alpha value is -1.64. The highest BCUT2D eigenvalue weighted by Crippen LogP contribution is 2.42. The highest BCUT2D eigenvalue weighted by Gasteiger charge is 2.34. The van der Waals surface area contributed by atoms with Crippen LogP contribution < -0.4 is 10.2 Å². The number of Topliss-reactive ketones (excluding diaryl/α,β-unsaturated/α-hetero) is 1. The molecule has 0 N–H and O–H groups in total. The van der Waals surface area contributed by atoms with Crippen LogP contribution in [0.2, 0.25) is 0 Å². The molecule has 118 valence electrons. The number of aryl methyl sites for hydroxylation is 1. The van der Waals surface area contributed by atoms with E-state index in [4.69, 9.17) is 0 Å². The Bertz CT molecular complexity index is 773. The van der Waals surface area contributed by atoms with Gasteiger partial charge in [0.05, 0.1) is 5.75 Å². The van der Waals surface area contributed by atoms with Gasteiger partial charge in [0.2, 0.25) is 5.91 Å². The predicted molar refractivity (Wildman–Crippen MR) is 99.7 cm³/mol. The molecule has 1 amide bonds. The number of anilines is 1. The second-order valence-corrected chi connectivity index (χ2v) is 7.39. The summed E-state index contributed by atoms with van der Waals surface area (Å²) in [7, 11) is 2.67. The van der Waals surface area contributed by atoms with Crippen molar-refractivity contribution in [2.45, 2.75) is 19.2 Å². The van der Waals surface area contributed by atoms with Gasteiger partial charge in [0.1, 0.15) is 5.37 Å². The third-order valence-electron chi connectivity index (χ3n) is 3.96. The van der Waals surface area contributed by atoms with E-state index in [1.165, 1.54) is 0 Å². The standard InChI is InChI=1S/C18H18NO2PS/c1-11-3-4-14(12(2)20)9-16(11)19-17(21)10-23-18(19)13-5-7-15(22)8-6-13/h3-9,18H,10,22H2,1-2H3. The first-order valence-corrected chi connectivity index (χ1v) is 9.00. The van der Waals surface area contributed by atoms with Gasteiger partial charge in [0.15, 0.2) is 5.78 Å². The van der Waals surface area contributed by atoms with Crippen molar-refractivity contribution in [3.63, 3.8) is 0 Å². The number of hydrogen-bond donors (Lipinski definition) is 0. The van der Waals surface area contributed by atoms with Gasteiger partial charge in [-0.05, 0) is 36.3 Å². The van der Waals surface area contributed by atoms with Gasteiger partial charge < -0.3 is 0 Å². The molecule has 0 aromatic heterocycles. The second kappa shape index (κ2) is 6.46. The summed E-state index contributed by atoms with van der Waals surface area (Å²) in [5, 5.41) is 1.07. The highest BCUT2D eigenvalue weighted by molar-refractivity contribution is 8.00. The molecule has 3 rings (SSSR count). The molecule has 1 heterocycles. The van der Waals surface area contributed by atoms with E-state index >= 15 is 0 Å². The minimum Gasteiger partial charge on any atom is -0.295 e. The van der Waals surface area contributed by atoms with Crippen LogP contribution in [0.3, 0.4) is 0 Å². The molecular weight excluding hydrogens is 325 g/mol. The van der Waals surface area contributed by atoms with Crippen LogP contribution in [0.5, 0.6) is 0 Å². The fourth-order valence-corrected chi connectivity index (χ4v) is 4.04. The molecule has 1 saturated heterocycles. The van der Waals surface area contributed by atoms with Gasteiger partial charge in [-0.3, -0.25) is 14.5 Å². The number of amides is 1. The number of thioether (sulfide) groups is 1. The number of ketones is 1. The lowest BCUT2D eigenvalue weighted by Gasteiger charge is -2.26. The summed E-state index contributed by atoms with van der Waals surface area (Å²) in [6.07, 6.45) is 0. The second-order valence-electron chi connectivity index (χ2n) is 5.65. The normalized spacial score (nSPS) is 17.6. The zero-order valence-corrected chi connectivity index (χ0v) is 15.0. The Labute approximate surface area is 142 Å². The predicted octanol–water partition coefficient (Wildman–Crippen LogP) is 3.48. The molecule has 2 unspecified atom stereocenters. The SMILES string of the molecule is CC(=O)c1ccc(C)c(N2C(=O)CSC2c2ccc(P)cc2)c1. The fraction of sp³-hybridized carbons (Fsp3) is 0.222. The van der Waals surface area contributed by atoms with Crippen LogP contribution in [0.15, 0.2) is 42.5 Å². The van der Waals surface area contributed by atoms with Crippen molar-refractivity contribution < 1.29 is 9.59 Å². The van der Waals surface area contributed by atoms with E-state index in [9.17, 15) is 9.59 Å². The Morgan fingerprint density at radius 2 is 1.91 bits per heavy atom. The molecule has 0 spiro atoms. The van der Waals surface area contributed by atoms with E-state index in [1.807, 2.05) is 42.2 Å². The molecule has 2 aromatic carbocycles. The van der Waals surface area contributed by atoms with E-state index < -0.39 is 0 Å². The maximum absolute atomic E-state index is 12.5. The topological polar surface area (TPSA) is 37.4 Å². The van der Waals surface area contributed by atoms with Gasteiger partial charge >= 0.3 is 0 Å². The monoisotopic (exact) mass is 343 g/mol. The number of nitrogens with zero attached hydrogens (tertiary/aromatic N) is 1. The first-order chi connectivity index (χ1) is 11.0. The summed E-state index contributed by atoms with van der Waals surface area (Å²) < 4.78 is 0. The number of hydrogen-bond acceptors (Lipinski definition) is 3. The van der Waals surface area contributed by atoms with Crippen molar-refractivity contribution in [1.82, 2.24) is 0 Å². The molecule has 1 aliphatic heterocycles. The van der Waals surface area contributed by atoms with E-state index in [1.54, 1.807) is 18.7 Å². The van der Waals surface area contributed by atoms with Crippen LogP contribution in [0.1, 0.15) is 33.8 Å². The van der Waals surface area contributed by atoms with E-state index in [0.717, 1.165) is 22.1 Å². The Morgan fingerprint density at radius 3 is 2.57 bits per heavy atom. The van der Waals surface area contributed by atoms with Gasteiger partial charge in [-0.25, -0.2) is 0 Å². The third-order valence-corrected chi connectivity index (χ3v) is 5.56. The first-order valence-electron chi connectivity index (χ1n) is 7.38. The quantitative estimate of drug-likeness (QED) is 0.632. The summed E-state index contributed by atoms with van der Waals surface area (Å²) in [6.45, 7) is 3.52. The van der Waals surface area contributed by atoms with Crippen LogP contribution in [0, 0.1) is 6.92 Å². The van der Waals surface area contributed by atoms with Crippen molar-refractivity contribution >= 4 is 43.7 Å². The molecule has 2 aromatic rings. The molecule has 0 radical (unpaired) electrons. The zero-order valence-electron chi connectivity index (χ0n) is 13.1. The van der Waals surface area contributed by atoms with Crippen molar-refractivity contribution in [1.29, 1.82) is 0 Å². The molecule has 5 heteroatoms. The van der Waals surface area contributed by atoms with Gasteiger partial charge in [-0.1, -0.05) is 36.4 Å². The maximum Gasteiger partial charge on any atom is 0.238 e. The fourth-order valence-electron chi connectivity index (χ4n) is 2.68. The average Bonchev–Trinajstić information content (AvgIpc) is 2.90. The van der Waals surface area contributed by atoms with Gasteiger partial charge in [-0.2, -0.15) is 0 Å². The van der Waals surface area contributed by atoms with Crippen LogP contribution >= 0.6 is 21.0 Å². The Balaban J connectivity index is 2.05. The summed E-state index contributed by atoms with van der Waals surface area (Å²) in [5.74, 6) is 0.546. The van der Waals surface area contributed by atoms with Crippen LogP contribution in [0.25, 0.3) is 0 Å². The van der Waals surface area contributed by atoms with Crippen LogP contribution in [0.4, 0.5) is 5.69 Å². The van der Waals surface area contributed by atoms with E-state index in [0.29, 0.717) is 11.3 Å². The van der Waals surface area contributed by atoms with E-state index in [-0.39, 0.29) is 17.1 Å². The van der Waals surface area contributed by atoms with Crippen molar-refractivity contribution in [2.75, 3.05) is 10.7 Å². The Kier molecular flexibility index (Phi) is 4.56. The molecule has 0 bridgehead atoms. The molecule has 23 heavy (non-hydrogen) atoms. The minimum atomic E-state index is -0.0472. The lowest BCUT2D eigenvalue weighted by Crippen LogP contribution is -2.28. The number of benzene rings is 2. The first kappa shape index (κ1) is 16.2. The van der Waals surface area contributed by atoms with Gasteiger partial charge in [0.25, 0.3) is 0 Å². The lowest BCUT2D eigenvalue weighted by molar-refractivity contribution is -0.115. The van der Waals surface area contributed by atoms with Crippen molar-refractivity contribution in [3.8, 4) is 0 Å². The summed E-state index contributed by atoms with van der Waals surface area (Å²) in [5.41, 5.74) is 3.56. The van der Waals surface area contributed by atoms with Crippen molar-refractivity contribution in [2.24, 2.45) is 0 Å². The Morgan fingerprint density at radius 1 is 1.22 bits per heavy atom. The van der Waals surface area contributed by atoms with Gasteiger partial charge in [-0.15, -0.1) is 21.0 Å². The lowest BCUT2D eigenvalue weighted by atomic mass is 10.1. The van der Waals surface area contributed by atoms with E-state index in [2.05, 4.69) is 21.4 Å². The summed E-state index contributed by atoms with van der Waals surface area (Å²) in [6, 6.07) is 13.7. The molecule has 2 atom stereocenters. The number of rotatable bonds is 3. The number of carbonyl (C=O) groups is 2. The largest absolute Gasteiger partial charge is 0.295 e. The van der Waals surface area contributed by atoms with Crippen LogP contribution in [-0.2, 0) is 4.79 Å². The molecule has 3 nitrogen and oxygen atoms in total. The molecular formula is C18H18NO2PS. The molecule has 1 aliphatic rings. The maximum atomic E-state index is 12.5. The average molecular weight is 343 g/mol.